The van der Waals surface area contributed by atoms with Crippen molar-refractivity contribution in [2.24, 2.45) is 23.2 Å². The summed E-state index contributed by atoms with van der Waals surface area (Å²) in [6.45, 7) is 6.55. The second kappa shape index (κ2) is 5.28. The van der Waals surface area contributed by atoms with Crippen LogP contribution in [0.3, 0.4) is 0 Å². The molecule has 0 aromatic carbocycles. The second-order valence-electron chi connectivity index (χ2n) is 7.88. The minimum atomic E-state index is -0.581. The Morgan fingerprint density at radius 3 is 1.80 bits per heavy atom. The van der Waals surface area contributed by atoms with Gasteiger partial charge in [-0.25, -0.2) is 0 Å². The van der Waals surface area contributed by atoms with Crippen LogP contribution in [0, 0.1) is 23.2 Å². The monoisotopic (exact) mass is 280 g/mol. The van der Waals surface area contributed by atoms with Crippen molar-refractivity contribution in [2.75, 3.05) is 0 Å². The van der Waals surface area contributed by atoms with Crippen molar-refractivity contribution in [3.8, 4) is 0 Å². The molecule has 4 bridgehead atoms. The molecule has 2 nitrogen and oxygen atoms in total. The minimum Gasteiger partial charge on any atom is -0.368 e. The second-order valence-corrected chi connectivity index (χ2v) is 7.88. The predicted octanol–water partition coefficient (Wildman–Crippen LogP) is 4.51. The van der Waals surface area contributed by atoms with E-state index in [1.54, 1.807) is 0 Å². The van der Waals surface area contributed by atoms with Crippen LogP contribution in [0.4, 0.5) is 0 Å². The van der Waals surface area contributed by atoms with E-state index in [0.29, 0.717) is 11.8 Å². The highest BCUT2D eigenvalue weighted by atomic mass is 16.6. The Labute approximate surface area is 124 Å². The van der Waals surface area contributed by atoms with Crippen molar-refractivity contribution < 1.29 is 9.84 Å². The maximum atomic E-state index is 10.1. The standard InChI is InChI=1S/C18H32O2/c1-4-16(19)20-18(5-2,6-3)17-10-13-7-14(11-17)9-15(8-13)12-17/h13-16,19H,4-12H2,1-3H3. The molecule has 1 N–H and O–H groups in total. The van der Waals surface area contributed by atoms with Gasteiger partial charge < -0.3 is 9.84 Å². The van der Waals surface area contributed by atoms with Gasteiger partial charge in [0.2, 0.25) is 0 Å². The maximum absolute atomic E-state index is 10.1. The van der Waals surface area contributed by atoms with Crippen molar-refractivity contribution >= 4 is 0 Å². The first-order valence-electron chi connectivity index (χ1n) is 8.92. The van der Waals surface area contributed by atoms with Gasteiger partial charge in [-0.3, -0.25) is 0 Å². The lowest BCUT2D eigenvalue weighted by atomic mass is 9.44. The molecule has 1 unspecified atom stereocenters. The summed E-state index contributed by atoms with van der Waals surface area (Å²) in [4.78, 5) is 0. The highest BCUT2D eigenvalue weighted by Crippen LogP contribution is 2.65. The first kappa shape index (κ1) is 14.8. The Morgan fingerprint density at radius 2 is 1.45 bits per heavy atom. The summed E-state index contributed by atoms with van der Waals surface area (Å²) < 4.78 is 6.33. The lowest BCUT2D eigenvalue weighted by Gasteiger charge is -2.63. The summed E-state index contributed by atoms with van der Waals surface area (Å²) in [7, 11) is 0. The first-order valence-corrected chi connectivity index (χ1v) is 8.92. The van der Waals surface area contributed by atoms with Crippen LogP contribution in [-0.4, -0.2) is 17.0 Å². The molecule has 4 saturated carbocycles. The normalized spacial score (nSPS) is 41.1. The van der Waals surface area contributed by atoms with Gasteiger partial charge in [0.25, 0.3) is 0 Å². The average molecular weight is 280 g/mol. The predicted molar refractivity (Wildman–Crippen MR) is 81.3 cm³/mol. The van der Waals surface area contributed by atoms with Gasteiger partial charge in [0, 0.05) is 5.41 Å². The first-order chi connectivity index (χ1) is 9.56. The Balaban J connectivity index is 1.90. The number of aliphatic hydroxyl groups excluding tert-OH is 1. The molecule has 4 aliphatic carbocycles. The fourth-order valence-corrected chi connectivity index (χ4v) is 6.30. The van der Waals surface area contributed by atoms with Crippen LogP contribution in [0.15, 0.2) is 0 Å². The number of hydrogen-bond acceptors (Lipinski definition) is 2. The zero-order valence-corrected chi connectivity index (χ0v) is 13.5. The minimum absolute atomic E-state index is 0.0849. The van der Waals surface area contributed by atoms with E-state index >= 15 is 0 Å². The molecule has 0 saturated heterocycles. The van der Waals surface area contributed by atoms with Gasteiger partial charge in [-0.05, 0) is 75.5 Å². The molecule has 2 heteroatoms. The third-order valence-electron chi connectivity index (χ3n) is 6.86. The molecule has 4 rings (SSSR count). The van der Waals surface area contributed by atoms with Gasteiger partial charge >= 0.3 is 0 Å². The molecule has 0 amide bonds. The van der Waals surface area contributed by atoms with Gasteiger partial charge in [0.15, 0.2) is 6.29 Å². The van der Waals surface area contributed by atoms with Gasteiger partial charge in [-0.2, -0.15) is 0 Å². The summed E-state index contributed by atoms with van der Waals surface area (Å²) in [5.41, 5.74) is 0.278. The van der Waals surface area contributed by atoms with E-state index < -0.39 is 6.29 Å². The molecular weight excluding hydrogens is 248 g/mol. The molecule has 4 fully saturated rings. The van der Waals surface area contributed by atoms with E-state index in [-0.39, 0.29) is 5.60 Å². The number of ether oxygens (including phenoxy) is 1. The number of rotatable bonds is 6. The molecule has 0 aromatic heterocycles. The summed E-state index contributed by atoms with van der Waals surface area (Å²) in [5.74, 6) is 2.84. The van der Waals surface area contributed by atoms with Gasteiger partial charge in [0.05, 0.1) is 5.60 Å². The molecule has 116 valence electrons. The van der Waals surface area contributed by atoms with Crippen molar-refractivity contribution in [1.29, 1.82) is 0 Å². The highest BCUT2D eigenvalue weighted by Gasteiger charge is 2.60. The Hall–Kier alpha value is -0.0800. The summed E-state index contributed by atoms with van der Waals surface area (Å²) in [5, 5.41) is 10.1. The van der Waals surface area contributed by atoms with E-state index in [4.69, 9.17) is 4.74 Å². The largest absolute Gasteiger partial charge is 0.368 e. The maximum Gasteiger partial charge on any atom is 0.155 e. The SMILES string of the molecule is CCC(O)OC(CC)(CC)C12CC3CC(CC(C3)C1)C2. The zero-order valence-electron chi connectivity index (χ0n) is 13.5. The third-order valence-corrected chi connectivity index (χ3v) is 6.86. The van der Waals surface area contributed by atoms with Crippen LogP contribution in [0.25, 0.3) is 0 Å². The van der Waals surface area contributed by atoms with E-state index in [0.717, 1.165) is 30.6 Å². The lowest BCUT2D eigenvalue weighted by molar-refractivity contribution is -0.267. The lowest BCUT2D eigenvalue weighted by Crippen LogP contribution is -2.59. The van der Waals surface area contributed by atoms with Gasteiger partial charge in [-0.1, -0.05) is 20.8 Å². The highest BCUT2D eigenvalue weighted by molar-refractivity contribution is 5.10. The molecule has 1 atom stereocenters. The Kier molecular flexibility index (Phi) is 3.92. The fraction of sp³-hybridized carbons (Fsp3) is 1.00. The summed E-state index contributed by atoms with van der Waals surface area (Å²) >= 11 is 0. The average Bonchev–Trinajstić information content (AvgIpc) is 2.43. The van der Waals surface area contributed by atoms with Gasteiger partial charge in [0.1, 0.15) is 0 Å². The van der Waals surface area contributed by atoms with Crippen molar-refractivity contribution in [1.82, 2.24) is 0 Å². The summed E-state index contributed by atoms with van der Waals surface area (Å²) in [6, 6.07) is 0. The van der Waals surface area contributed by atoms with E-state index in [9.17, 15) is 5.11 Å². The fourth-order valence-electron chi connectivity index (χ4n) is 6.30. The molecule has 20 heavy (non-hydrogen) atoms. The Morgan fingerprint density at radius 1 is 1.00 bits per heavy atom. The van der Waals surface area contributed by atoms with Crippen molar-refractivity contribution in [3.63, 3.8) is 0 Å². The van der Waals surface area contributed by atoms with Crippen LogP contribution in [0.2, 0.25) is 0 Å². The summed E-state index contributed by atoms with van der Waals surface area (Å²) in [6.07, 6.45) is 10.7. The third kappa shape index (κ3) is 2.14. The number of hydrogen-bond donors (Lipinski definition) is 1. The molecular formula is C18H32O2. The van der Waals surface area contributed by atoms with Crippen LogP contribution in [-0.2, 0) is 4.74 Å². The number of aliphatic hydroxyl groups is 1. The van der Waals surface area contributed by atoms with E-state index in [1.165, 1.54) is 38.5 Å². The molecule has 4 aliphatic rings. The molecule has 0 heterocycles. The molecule has 0 spiro atoms. The quantitative estimate of drug-likeness (QED) is 0.726. The van der Waals surface area contributed by atoms with Crippen molar-refractivity contribution in [2.45, 2.75) is 90.4 Å². The van der Waals surface area contributed by atoms with E-state index in [2.05, 4.69) is 13.8 Å². The molecule has 0 aliphatic heterocycles. The van der Waals surface area contributed by atoms with Gasteiger partial charge in [-0.15, -0.1) is 0 Å². The zero-order chi connectivity index (χ0) is 14.4. The van der Waals surface area contributed by atoms with Crippen LogP contribution in [0.1, 0.15) is 78.6 Å². The van der Waals surface area contributed by atoms with E-state index in [1.807, 2.05) is 6.92 Å². The smallest absolute Gasteiger partial charge is 0.155 e. The Bertz CT molecular complexity index is 310. The molecule has 0 aromatic rings. The van der Waals surface area contributed by atoms with Crippen molar-refractivity contribution in [3.05, 3.63) is 0 Å². The van der Waals surface area contributed by atoms with Crippen LogP contribution < -0.4 is 0 Å². The molecule has 0 radical (unpaired) electrons. The topological polar surface area (TPSA) is 29.5 Å². The van der Waals surface area contributed by atoms with Crippen LogP contribution in [0.5, 0.6) is 0 Å². The van der Waals surface area contributed by atoms with Crippen LogP contribution >= 0.6 is 0 Å².